The summed E-state index contributed by atoms with van der Waals surface area (Å²) in [4.78, 5) is 0. The smallest absolute Gasteiger partial charge is 0.0568 e. The minimum atomic E-state index is 0.741. The molecule has 0 N–H and O–H groups in total. The van der Waals surface area contributed by atoms with Crippen molar-refractivity contribution in [3.05, 3.63) is 70.8 Å². The topological polar surface area (TPSA) is 24.7 Å². The fourth-order valence-corrected chi connectivity index (χ4v) is 4.00. The number of aryl methyl sites for hydroxylation is 1. The van der Waals surface area contributed by atoms with E-state index in [2.05, 4.69) is 72.6 Å². The number of rotatable bonds is 8. The van der Waals surface area contributed by atoms with Crippen molar-refractivity contribution in [2.45, 2.75) is 71.1 Å². The number of nitrogens with zero attached hydrogens (tertiary/aromatic N) is 2. The minimum Gasteiger partial charge on any atom is -0.159 e. The number of hydrogen-bond donors (Lipinski definition) is 0. The van der Waals surface area contributed by atoms with E-state index in [1.807, 2.05) is 12.4 Å². The molecule has 0 aliphatic heterocycles. The average molecular weight is 375 g/mol. The maximum absolute atomic E-state index is 4.22. The molecular formula is C26H34N2. The summed E-state index contributed by atoms with van der Waals surface area (Å²) in [5.41, 5.74) is 5.09. The molecule has 1 aliphatic rings. The molecule has 2 heteroatoms. The van der Waals surface area contributed by atoms with E-state index in [4.69, 9.17) is 0 Å². The van der Waals surface area contributed by atoms with Gasteiger partial charge in [-0.05, 0) is 59.8 Å². The van der Waals surface area contributed by atoms with Crippen molar-refractivity contribution in [2.24, 2.45) is 16.1 Å². The molecule has 0 bridgehead atoms. The van der Waals surface area contributed by atoms with Crippen LogP contribution in [0.1, 0.15) is 87.0 Å². The van der Waals surface area contributed by atoms with Crippen molar-refractivity contribution in [2.75, 3.05) is 0 Å². The van der Waals surface area contributed by atoms with Crippen LogP contribution in [0.5, 0.6) is 0 Å². The summed E-state index contributed by atoms with van der Waals surface area (Å²) in [6, 6.07) is 17.5. The van der Waals surface area contributed by atoms with Gasteiger partial charge in [0.25, 0.3) is 0 Å². The molecular weight excluding hydrogens is 340 g/mol. The predicted molar refractivity (Wildman–Crippen MR) is 122 cm³/mol. The van der Waals surface area contributed by atoms with Crippen LogP contribution in [0.2, 0.25) is 0 Å². The molecule has 2 nitrogen and oxygen atoms in total. The molecule has 0 atom stereocenters. The van der Waals surface area contributed by atoms with Crippen LogP contribution in [-0.2, 0) is 6.42 Å². The zero-order chi connectivity index (χ0) is 19.6. The van der Waals surface area contributed by atoms with Gasteiger partial charge in [-0.1, -0.05) is 88.1 Å². The normalized spacial score (nSPS) is 20.2. The van der Waals surface area contributed by atoms with Gasteiger partial charge in [-0.2, -0.15) is 10.2 Å². The molecule has 1 aliphatic carbocycles. The third-order valence-electron chi connectivity index (χ3n) is 5.95. The van der Waals surface area contributed by atoms with E-state index in [0.717, 1.165) is 23.0 Å². The summed E-state index contributed by atoms with van der Waals surface area (Å²) < 4.78 is 0. The first kappa shape index (κ1) is 20.5. The van der Waals surface area contributed by atoms with E-state index >= 15 is 0 Å². The van der Waals surface area contributed by atoms with Crippen molar-refractivity contribution in [1.82, 2.24) is 0 Å². The van der Waals surface area contributed by atoms with E-state index in [0.29, 0.717) is 0 Å². The van der Waals surface area contributed by atoms with Crippen molar-refractivity contribution in [3.8, 4) is 0 Å². The Morgan fingerprint density at radius 3 is 1.93 bits per heavy atom. The van der Waals surface area contributed by atoms with Crippen LogP contribution in [0, 0.1) is 5.92 Å². The molecule has 1 fully saturated rings. The Kier molecular flexibility index (Phi) is 8.02. The summed E-state index contributed by atoms with van der Waals surface area (Å²) in [6.45, 7) is 4.61. The first-order valence-electron chi connectivity index (χ1n) is 11.0. The second-order valence-electron chi connectivity index (χ2n) is 8.31. The Labute approximate surface area is 170 Å². The zero-order valence-corrected chi connectivity index (χ0v) is 17.5. The van der Waals surface area contributed by atoms with Crippen molar-refractivity contribution in [3.63, 3.8) is 0 Å². The van der Waals surface area contributed by atoms with E-state index in [1.165, 1.54) is 62.5 Å². The van der Waals surface area contributed by atoms with E-state index in [9.17, 15) is 0 Å². The molecule has 28 heavy (non-hydrogen) atoms. The van der Waals surface area contributed by atoms with Gasteiger partial charge < -0.3 is 0 Å². The molecule has 0 amide bonds. The van der Waals surface area contributed by atoms with Crippen LogP contribution in [0.25, 0.3) is 0 Å². The Bertz CT molecular complexity index is 748. The van der Waals surface area contributed by atoms with Crippen LogP contribution in [0.4, 0.5) is 0 Å². The third-order valence-corrected chi connectivity index (χ3v) is 5.95. The number of unbranched alkanes of at least 4 members (excludes halogenated alkanes) is 2. The number of benzene rings is 2. The van der Waals surface area contributed by atoms with Gasteiger partial charge in [-0.25, -0.2) is 0 Å². The molecule has 1 saturated carbocycles. The first-order chi connectivity index (χ1) is 13.7. The lowest BCUT2D eigenvalue weighted by Gasteiger charge is -2.26. The maximum atomic E-state index is 4.22. The van der Waals surface area contributed by atoms with Crippen LogP contribution < -0.4 is 0 Å². The van der Waals surface area contributed by atoms with E-state index in [1.54, 1.807) is 0 Å². The summed E-state index contributed by atoms with van der Waals surface area (Å²) in [5, 5.41) is 8.42. The fourth-order valence-electron chi connectivity index (χ4n) is 4.00. The van der Waals surface area contributed by atoms with Gasteiger partial charge in [0, 0.05) is 0 Å². The Balaban J connectivity index is 1.48. The molecule has 0 heterocycles. The van der Waals surface area contributed by atoms with Crippen molar-refractivity contribution in [1.29, 1.82) is 0 Å². The fraction of sp³-hybridized carbons (Fsp3) is 0.462. The molecule has 0 radical (unpaired) electrons. The monoisotopic (exact) mass is 374 g/mol. The van der Waals surface area contributed by atoms with E-state index in [-0.39, 0.29) is 0 Å². The standard InChI is InChI=1S/C26H34N2/c1-3-4-5-6-22-9-11-23(12-10-22)19-27-28-20-24-13-17-26(18-14-24)25-15-7-21(2)8-16-25/h9-14,17-21,25H,3-8,15-16H2,1-2H3/t21-,25-. The van der Waals surface area contributed by atoms with Gasteiger partial charge in [0.05, 0.1) is 12.4 Å². The van der Waals surface area contributed by atoms with Crippen molar-refractivity contribution >= 4 is 12.4 Å². The van der Waals surface area contributed by atoms with Crippen LogP contribution in [-0.4, -0.2) is 12.4 Å². The largest absolute Gasteiger partial charge is 0.159 e. The third kappa shape index (κ3) is 6.44. The molecule has 0 spiro atoms. The molecule has 3 rings (SSSR count). The molecule has 148 valence electrons. The second-order valence-corrected chi connectivity index (χ2v) is 8.31. The Morgan fingerprint density at radius 1 is 0.786 bits per heavy atom. The average Bonchev–Trinajstić information content (AvgIpc) is 2.73. The van der Waals surface area contributed by atoms with Gasteiger partial charge in [0.1, 0.15) is 0 Å². The second kappa shape index (κ2) is 10.9. The summed E-state index contributed by atoms with van der Waals surface area (Å²) in [7, 11) is 0. The quantitative estimate of drug-likeness (QED) is 0.266. The van der Waals surface area contributed by atoms with Crippen molar-refractivity contribution < 1.29 is 0 Å². The lowest BCUT2D eigenvalue weighted by Crippen LogP contribution is -2.10. The van der Waals surface area contributed by atoms with Crippen LogP contribution in [0.3, 0.4) is 0 Å². The molecule has 0 unspecified atom stereocenters. The SMILES string of the molecule is CCCCCc1ccc(C=NN=Cc2ccc([C@H]3CC[C@H](C)CC3)cc2)cc1. The Morgan fingerprint density at radius 2 is 1.36 bits per heavy atom. The maximum Gasteiger partial charge on any atom is 0.0568 e. The van der Waals surface area contributed by atoms with Gasteiger partial charge >= 0.3 is 0 Å². The van der Waals surface area contributed by atoms with Gasteiger partial charge in [-0.15, -0.1) is 0 Å². The molecule has 2 aromatic rings. The van der Waals surface area contributed by atoms with Gasteiger partial charge in [-0.3, -0.25) is 0 Å². The number of hydrogen-bond acceptors (Lipinski definition) is 2. The highest BCUT2D eigenvalue weighted by atomic mass is 15.2. The molecule has 0 saturated heterocycles. The van der Waals surface area contributed by atoms with Crippen LogP contribution in [0.15, 0.2) is 58.7 Å². The molecule has 2 aromatic carbocycles. The highest BCUT2D eigenvalue weighted by Gasteiger charge is 2.19. The molecule has 0 aromatic heterocycles. The zero-order valence-electron chi connectivity index (χ0n) is 17.5. The lowest BCUT2D eigenvalue weighted by molar-refractivity contribution is 0.348. The Hall–Kier alpha value is -2.22. The predicted octanol–water partition coefficient (Wildman–Crippen LogP) is 7.17. The first-order valence-corrected chi connectivity index (χ1v) is 11.0. The highest BCUT2D eigenvalue weighted by Crippen LogP contribution is 2.35. The summed E-state index contributed by atoms with van der Waals surface area (Å²) in [5.74, 6) is 1.64. The summed E-state index contributed by atoms with van der Waals surface area (Å²) >= 11 is 0. The van der Waals surface area contributed by atoms with Gasteiger partial charge in [0.2, 0.25) is 0 Å². The van der Waals surface area contributed by atoms with Gasteiger partial charge in [0.15, 0.2) is 0 Å². The van der Waals surface area contributed by atoms with E-state index < -0.39 is 0 Å². The minimum absolute atomic E-state index is 0.741. The van der Waals surface area contributed by atoms with Crippen LogP contribution >= 0.6 is 0 Å². The summed E-state index contributed by atoms with van der Waals surface area (Å²) in [6.07, 6.45) is 14.1. The lowest BCUT2D eigenvalue weighted by atomic mass is 9.79. The highest BCUT2D eigenvalue weighted by molar-refractivity contribution is 5.82.